The number of hydrogen-bond donors (Lipinski definition) is 1. The number of nitrogens with one attached hydrogen (secondary N) is 1. The third-order valence-corrected chi connectivity index (χ3v) is 7.27. The van der Waals surface area contributed by atoms with Crippen molar-refractivity contribution in [3.63, 3.8) is 0 Å². The molecule has 5 heteroatoms. The summed E-state index contributed by atoms with van der Waals surface area (Å²) >= 11 is 0. The Morgan fingerprint density at radius 2 is 1.73 bits per heavy atom. The molecule has 1 aliphatic heterocycles. The van der Waals surface area contributed by atoms with Crippen LogP contribution in [-0.4, -0.2) is 35.4 Å². The molecule has 37 heavy (non-hydrogen) atoms. The fourth-order valence-electron chi connectivity index (χ4n) is 5.32. The van der Waals surface area contributed by atoms with Crippen molar-refractivity contribution in [1.82, 2.24) is 10.2 Å². The van der Waals surface area contributed by atoms with Gasteiger partial charge in [0, 0.05) is 18.7 Å². The van der Waals surface area contributed by atoms with Crippen molar-refractivity contribution in [2.75, 3.05) is 6.54 Å². The van der Waals surface area contributed by atoms with Crippen LogP contribution in [0.3, 0.4) is 0 Å². The molecule has 3 aromatic rings. The zero-order valence-electron chi connectivity index (χ0n) is 21.4. The van der Waals surface area contributed by atoms with E-state index in [1.54, 1.807) is 12.1 Å². The molecule has 0 radical (unpaired) electrons. The van der Waals surface area contributed by atoms with Crippen molar-refractivity contribution in [3.05, 3.63) is 112 Å². The molecular formula is C32H34N2O3. The SMILES string of the molecule is Cc1cccc(CN2C(=O)/C(=C\c3ccc(C(=O)NCCc4ccccc4)cc3)OC3CCCCC32)c1. The maximum Gasteiger partial charge on any atom is 0.289 e. The van der Waals surface area contributed by atoms with Gasteiger partial charge in [0.15, 0.2) is 5.76 Å². The number of rotatable bonds is 7. The summed E-state index contributed by atoms with van der Waals surface area (Å²) in [7, 11) is 0. The van der Waals surface area contributed by atoms with Gasteiger partial charge in [0.2, 0.25) is 0 Å². The number of amides is 2. The van der Waals surface area contributed by atoms with Crippen LogP contribution in [0.5, 0.6) is 0 Å². The molecular weight excluding hydrogens is 460 g/mol. The first-order chi connectivity index (χ1) is 18.1. The molecule has 2 aliphatic rings. The van der Waals surface area contributed by atoms with Crippen molar-refractivity contribution < 1.29 is 14.3 Å². The first-order valence-corrected chi connectivity index (χ1v) is 13.2. The lowest BCUT2D eigenvalue weighted by molar-refractivity contribution is -0.149. The summed E-state index contributed by atoms with van der Waals surface area (Å²) in [5, 5.41) is 2.98. The summed E-state index contributed by atoms with van der Waals surface area (Å²) in [6, 6.07) is 25.9. The molecule has 0 spiro atoms. The summed E-state index contributed by atoms with van der Waals surface area (Å²) in [5.74, 6) is 0.220. The van der Waals surface area contributed by atoms with Gasteiger partial charge in [-0.2, -0.15) is 0 Å². The molecule has 0 aromatic heterocycles. The third-order valence-electron chi connectivity index (χ3n) is 7.27. The van der Waals surface area contributed by atoms with Crippen LogP contribution in [0.15, 0.2) is 84.6 Å². The van der Waals surface area contributed by atoms with E-state index in [1.807, 2.05) is 47.4 Å². The molecule has 2 amide bonds. The van der Waals surface area contributed by atoms with Crippen molar-refractivity contribution in [1.29, 1.82) is 0 Å². The first kappa shape index (κ1) is 24.8. The quantitative estimate of drug-likeness (QED) is 0.430. The molecule has 2 unspecified atom stereocenters. The van der Waals surface area contributed by atoms with Crippen LogP contribution < -0.4 is 5.32 Å². The van der Waals surface area contributed by atoms with E-state index >= 15 is 0 Å². The highest BCUT2D eigenvalue weighted by atomic mass is 16.5. The fraction of sp³-hybridized carbons (Fsp3) is 0.312. The molecule has 2 fully saturated rings. The molecule has 1 N–H and O–H groups in total. The van der Waals surface area contributed by atoms with Crippen LogP contribution in [0.1, 0.15) is 58.3 Å². The maximum absolute atomic E-state index is 13.6. The number of ether oxygens (including phenoxy) is 1. The lowest BCUT2D eigenvalue weighted by Crippen LogP contribution is -2.54. The van der Waals surface area contributed by atoms with Gasteiger partial charge in [0.05, 0.1) is 6.04 Å². The van der Waals surface area contributed by atoms with Crippen LogP contribution in [-0.2, 0) is 22.5 Å². The van der Waals surface area contributed by atoms with Crippen molar-refractivity contribution >= 4 is 17.9 Å². The third kappa shape index (κ3) is 6.11. The number of nitrogens with zero attached hydrogens (tertiary/aromatic N) is 1. The number of carbonyl (C=O) groups is 2. The normalized spacial score (nSPS) is 20.3. The van der Waals surface area contributed by atoms with E-state index in [4.69, 9.17) is 4.74 Å². The standard InChI is InChI=1S/C32H34N2O3/c1-23-8-7-11-26(20-23)22-34-28-12-5-6-13-29(28)37-30(32(34)36)21-25-14-16-27(17-15-25)31(35)33-19-18-24-9-3-2-4-10-24/h2-4,7-11,14-17,20-21,28-29H,5-6,12-13,18-19,22H2,1H3,(H,33,35)/b30-21+. The number of benzene rings is 3. The van der Waals surface area contributed by atoms with Crippen LogP contribution in [0.25, 0.3) is 6.08 Å². The Kier molecular flexibility index (Phi) is 7.69. The minimum Gasteiger partial charge on any atom is -0.482 e. The van der Waals surface area contributed by atoms with Gasteiger partial charge in [0.25, 0.3) is 11.8 Å². The fourth-order valence-corrected chi connectivity index (χ4v) is 5.32. The van der Waals surface area contributed by atoms with E-state index in [-0.39, 0.29) is 24.0 Å². The number of morpholine rings is 1. The van der Waals surface area contributed by atoms with Gasteiger partial charge in [-0.3, -0.25) is 9.59 Å². The number of fused-ring (bicyclic) bond motifs is 1. The van der Waals surface area contributed by atoms with Gasteiger partial charge in [-0.05, 0) is 67.5 Å². The molecule has 2 atom stereocenters. The van der Waals surface area contributed by atoms with E-state index in [9.17, 15) is 9.59 Å². The summed E-state index contributed by atoms with van der Waals surface area (Å²) in [4.78, 5) is 28.1. The summed E-state index contributed by atoms with van der Waals surface area (Å²) in [5.41, 5.74) is 4.96. The van der Waals surface area contributed by atoms with Crippen LogP contribution in [0.2, 0.25) is 0 Å². The van der Waals surface area contributed by atoms with Crippen molar-refractivity contribution in [3.8, 4) is 0 Å². The van der Waals surface area contributed by atoms with Crippen molar-refractivity contribution in [2.24, 2.45) is 0 Å². The van der Waals surface area contributed by atoms with Gasteiger partial charge >= 0.3 is 0 Å². The largest absolute Gasteiger partial charge is 0.482 e. The Bertz CT molecular complexity index is 1270. The van der Waals surface area contributed by atoms with Crippen LogP contribution in [0.4, 0.5) is 0 Å². The van der Waals surface area contributed by atoms with Crippen molar-refractivity contribution in [2.45, 2.75) is 57.7 Å². The maximum atomic E-state index is 13.6. The van der Waals surface area contributed by atoms with E-state index in [0.717, 1.165) is 43.2 Å². The molecule has 0 bridgehead atoms. The summed E-state index contributed by atoms with van der Waals surface area (Å²) in [6.45, 7) is 3.24. The van der Waals surface area contributed by atoms with E-state index in [0.29, 0.717) is 24.4 Å². The highest BCUT2D eigenvalue weighted by Gasteiger charge is 2.41. The monoisotopic (exact) mass is 494 g/mol. The average molecular weight is 495 g/mol. The average Bonchev–Trinajstić information content (AvgIpc) is 2.92. The topological polar surface area (TPSA) is 58.6 Å². The summed E-state index contributed by atoms with van der Waals surface area (Å²) in [6.07, 6.45) is 6.80. The molecule has 1 heterocycles. The highest BCUT2D eigenvalue weighted by Crippen LogP contribution is 2.34. The predicted molar refractivity (Wildman–Crippen MR) is 146 cm³/mol. The Morgan fingerprint density at radius 3 is 2.51 bits per heavy atom. The van der Waals surface area contributed by atoms with Crippen LogP contribution in [0, 0.1) is 6.92 Å². The Hall–Kier alpha value is -3.86. The zero-order chi connectivity index (χ0) is 25.6. The molecule has 5 nitrogen and oxygen atoms in total. The zero-order valence-corrected chi connectivity index (χ0v) is 21.4. The molecule has 3 aromatic carbocycles. The molecule has 1 aliphatic carbocycles. The first-order valence-electron chi connectivity index (χ1n) is 13.2. The number of hydrogen-bond acceptors (Lipinski definition) is 3. The lowest BCUT2D eigenvalue weighted by atomic mass is 9.89. The van der Waals surface area contributed by atoms with Gasteiger partial charge in [-0.1, -0.05) is 78.7 Å². The Balaban J connectivity index is 1.27. The molecule has 5 rings (SSSR count). The van der Waals surface area contributed by atoms with Crippen LogP contribution >= 0.6 is 0 Å². The molecule has 190 valence electrons. The Labute approximate surface area is 219 Å². The second-order valence-corrected chi connectivity index (χ2v) is 10.1. The van der Waals surface area contributed by atoms with E-state index < -0.39 is 0 Å². The van der Waals surface area contributed by atoms with E-state index in [2.05, 4.69) is 42.6 Å². The second-order valence-electron chi connectivity index (χ2n) is 10.1. The minimum absolute atomic E-state index is 0.0252. The van der Waals surface area contributed by atoms with Gasteiger partial charge in [-0.15, -0.1) is 0 Å². The molecule has 1 saturated carbocycles. The smallest absolute Gasteiger partial charge is 0.289 e. The number of aryl methyl sites for hydroxylation is 1. The predicted octanol–water partition coefficient (Wildman–Crippen LogP) is 5.68. The summed E-state index contributed by atoms with van der Waals surface area (Å²) < 4.78 is 6.26. The minimum atomic E-state index is -0.102. The van der Waals surface area contributed by atoms with E-state index in [1.165, 1.54) is 11.1 Å². The molecule has 1 saturated heterocycles. The van der Waals surface area contributed by atoms with Gasteiger partial charge in [0.1, 0.15) is 6.10 Å². The van der Waals surface area contributed by atoms with Gasteiger partial charge in [-0.25, -0.2) is 0 Å². The Morgan fingerprint density at radius 1 is 0.973 bits per heavy atom. The highest BCUT2D eigenvalue weighted by molar-refractivity contribution is 5.97. The number of carbonyl (C=O) groups excluding carboxylic acids is 2. The second kappa shape index (κ2) is 11.5. The lowest BCUT2D eigenvalue weighted by Gasteiger charge is -2.44. The van der Waals surface area contributed by atoms with Gasteiger partial charge < -0.3 is 15.0 Å².